The summed E-state index contributed by atoms with van der Waals surface area (Å²) in [5.74, 6) is -0.864. The van der Waals surface area contributed by atoms with Crippen LogP contribution in [-0.4, -0.2) is 41.7 Å². The number of hydrogen-bond acceptors (Lipinski definition) is 2. The summed E-state index contributed by atoms with van der Waals surface area (Å²) >= 11 is 0. The van der Waals surface area contributed by atoms with Crippen LogP contribution >= 0.6 is 0 Å². The van der Waals surface area contributed by atoms with Crippen molar-refractivity contribution in [1.29, 1.82) is 0 Å². The maximum Gasteiger partial charge on any atom is 0.430 e. The van der Waals surface area contributed by atoms with Gasteiger partial charge in [0.05, 0.1) is 0 Å². The molecule has 98 valence electrons. The first-order chi connectivity index (χ1) is 7.70. The summed E-state index contributed by atoms with van der Waals surface area (Å²) in [5.41, 5.74) is -3.93. The van der Waals surface area contributed by atoms with Gasteiger partial charge in [0.15, 0.2) is 0 Å². The quantitative estimate of drug-likeness (QED) is 0.611. The van der Waals surface area contributed by atoms with Crippen molar-refractivity contribution in [3.05, 3.63) is 0 Å². The van der Waals surface area contributed by atoms with E-state index < -0.39 is 23.7 Å². The predicted molar refractivity (Wildman–Crippen MR) is 47.7 cm³/mol. The van der Waals surface area contributed by atoms with E-state index in [-0.39, 0.29) is 13.1 Å². The second kappa shape index (κ2) is 3.52. The van der Waals surface area contributed by atoms with Crippen LogP contribution in [0.4, 0.5) is 26.3 Å². The van der Waals surface area contributed by atoms with Gasteiger partial charge in [0.2, 0.25) is 0 Å². The summed E-state index contributed by atoms with van der Waals surface area (Å²) in [5, 5.41) is 0. The molecule has 2 aliphatic rings. The molecule has 2 nitrogen and oxygen atoms in total. The van der Waals surface area contributed by atoms with Gasteiger partial charge in [-0.1, -0.05) is 0 Å². The highest BCUT2D eigenvalue weighted by Crippen LogP contribution is 2.55. The SMILES string of the molecule is FC(F)(F)C1(C(F)(F)F)N=C1N1CCCCC1. The van der Waals surface area contributed by atoms with Crippen molar-refractivity contribution in [2.75, 3.05) is 13.1 Å². The third kappa shape index (κ3) is 1.77. The molecule has 0 aromatic carbocycles. The summed E-state index contributed by atoms with van der Waals surface area (Å²) in [4.78, 5) is 3.85. The number of alkyl halides is 6. The Balaban J connectivity index is 2.20. The molecular formula is C9H10F6N2. The van der Waals surface area contributed by atoms with Gasteiger partial charge in [-0.05, 0) is 19.3 Å². The zero-order valence-electron chi connectivity index (χ0n) is 8.70. The van der Waals surface area contributed by atoms with Gasteiger partial charge >= 0.3 is 17.9 Å². The van der Waals surface area contributed by atoms with E-state index in [4.69, 9.17) is 0 Å². The van der Waals surface area contributed by atoms with Crippen molar-refractivity contribution >= 4 is 5.84 Å². The lowest BCUT2D eigenvalue weighted by atomic mass is 10.0. The Morgan fingerprint density at radius 2 is 1.35 bits per heavy atom. The van der Waals surface area contributed by atoms with Crippen molar-refractivity contribution in [2.24, 2.45) is 4.99 Å². The van der Waals surface area contributed by atoms with E-state index in [2.05, 4.69) is 4.99 Å². The molecule has 2 heterocycles. The molecule has 0 saturated carbocycles. The molecule has 0 bridgehead atoms. The summed E-state index contributed by atoms with van der Waals surface area (Å²) in [6.45, 7) is 0.430. The highest BCUT2D eigenvalue weighted by atomic mass is 19.4. The molecule has 0 aliphatic carbocycles. The van der Waals surface area contributed by atoms with Gasteiger partial charge < -0.3 is 4.90 Å². The number of rotatable bonds is 0. The van der Waals surface area contributed by atoms with E-state index >= 15 is 0 Å². The molecule has 0 aromatic heterocycles. The third-order valence-corrected chi connectivity index (χ3v) is 3.02. The Kier molecular flexibility index (Phi) is 2.59. The van der Waals surface area contributed by atoms with Crippen LogP contribution in [0.15, 0.2) is 4.99 Å². The molecule has 0 atom stereocenters. The van der Waals surface area contributed by atoms with Crippen molar-refractivity contribution in [3.8, 4) is 0 Å². The maximum absolute atomic E-state index is 12.5. The van der Waals surface area contributed by atoms with Crippen molar-refractivity contribution in [1.82, 2.24) is 4.90 Å². The van der Waals surface area contributed by atoms with Crippen molar-refractivity contribution in [3.63, 3.8) is 0 Å². The van der Waals surface area contributed by atoms with Crippen LogP contribution in [0.25, 0.3) is 0 Å². The Hall–Kier alpha value is -0.950. The molecule has 0 aromatic rings. The zero-order valence-corrected chi connectivity index (χ0v) is 8.70. The number of aliphatic imine (C=N–C) groups is 1. The van der Waals surface area contributed by atoms with Crippen LogP contribution in [0.1, 0.15) is 19.3 Å². The molecule has 8 heteroatoms. The number of likely N-dealkylation sites (tertiary alicyclic amines) is 1. The van der Waals surface area contributed by atoms with Crippen LogP contribution in [0.3, 0.4) is 0 Å². The molecule has 1 saturated heterocycles. The van der Waals surface area contributed by atoms with Gasteiger partial charge in [-0.25, -0.2) is 4.99 Å². The van der Waals surface area contributed by atoms with Gasteiger partial charge in [-0.2, -0.15) is 26.3 Å². The molecule has 0 unspecified atom stereocenters. The summed E-state index contributed by atoms with van der Waals surface area (Å²) in [7, 11) is 0. The van der Waals surface area contributed by atoms with Gasteiger partial charge in [0.25, 0.3) is 0 Å². The van der Waals surface area contributed by atoms with Crippen molar-refractivity contribution < 1.29 is 26.3 Å². The van der Waals surface area contributed by atoms with E-state index in [0.717, 1.165) is 11.3 Å². The molecule has 0 amide bonds. The van der Waals surface area contributed by atoms with Crippen LogP contribution in [0, 0.1) is 0 Å². The fourth-order valence-corrected chi connectivity index (χ4v) is 2.08. The minimum Gasteiger partial charge on any atom is -0.358 e. The monoisotopic (exact) mass is 260 g/mol. The number of hydrogen-bond donors (Lipinski definition) is 0. The smallest absolute Gasteiger partial charge is 0.358 e. The number of halogens is 6. The summed E-state index contributed by atoms with van der Waals surface area (Å²) < 4.78 is 75.2. The van der Waals surface area contributed by atoms with Crippen molar-refractivity contribution in [2.45, 2.75) is 37.2 Å². The Bertz CT molecular complexity index is 322. The van der Waals surface area contributed by atoms with Gasteiger partial charge in [0, 0.05) is 13.1 Å². The average molecular weight is 260 g/mol. The molecule has 0 N–H and O–H groups in total. The standard InChI is InChI=1S/C9H10F6N2/c10-8(11,12)7(9(13,14)15)6(16-7)17-4-2-1-3-5-17/h1-5H2. The lowest BCUT2D eigenvalue weighted by Crippen LogP contribution is -2.54. The molecule has 17 heavy (non-hydrogen) atoms. The van der Waals surface area contributed by atoms with E-state index in [9.17, 15) is 26.3 Å². The van der Waals surface area contributed by atoms with Crippen LogP contribution in [0.5, 0.6) is 0 Å². The van der Waals surface area contributed by atoms with E-state index in [1.807, 2.05) is 0 Å². The minimum atomic E-state index is -5.40. The number of piperidine rings is 1. The van der Waals surface area contributed by atoms with Gasteiger partial charge in [0.1, 0.15) is 5.84 Å². The summed E-state index contributed by atoms with van der Waals surface area (Å²) in [6, 6.07) is 0. The predicted octanol–water partition coefficient (Wildman–Crippen LogP) is 2.75. The molecular weight excluding hydrogens is 250 g/mol. The van der Waals surface area contributed by atoms with Crippen LogP contribution in [-0.2, 0) is 0 Å². The van der Waals surface area contributed by atoms with Gasteiger partial charge in [-0.3, -0.25) is 0 Å². The second-order valence-electron chi connectivity index (χ2n) is 4.19. The highest BCUT2D eigenvalue weighted by molar-refractivity contribution is 6.05. The molecule has 0 spiro atoms. The Morgan fingerprint density at radius 1 is 0.882 bits per heavy atom. The average Bonchev–Trinajstić information content (AvgIpc) is 2.93. The first kappa shape index (κ1) is 12.5. The topological polar surface area (TPSA) is 15.6 Å². The molecule has 2 aliphatic heterocycles. The lowest BCUT2D eigenvalue weighted by Gasteiger charge is -2.29. The maximum atomic E-state index is 12.5. The normalized spacial score (nSPS) is 24.6. The highest BCUT2D eigenvalue weighted by Gasteiger charge is 2.82. The minimum absolute atomic E-state index is 0.215. The molecule has 0 radical (unpaired) electrons. The third-order valence-electron chi connectivity index (χ3n) is 3.02. The zero-order chi connectivity index (χ0) is 12.9. The Morgan fingerprint density at radius 3 is 1.71 bits per heavy atom. The number of nitrogens with zero attached hydrogens (tertiary/aromatic N) is 2. The fourth-order valence-electron chi connectivity index (χ4n) is 2.08. The summed E-state index contributed by atoms with van der Waals surface area (Å²) in [6.07, 6.45) is -8.78. The largest absolute Gasteiger partial charge is 0.430 e. The lowest BCUT2D eigenvalue weighted by molar-refractivity contribution is -0.259. The fraction of sp³-hybridized carbons (Fsp3) is 0.889. The first-order valence-electron chi connectivity index (χ1n) is 5.19. The Labute approximate surface area is 93.3 Å². The van der Waals surface area contributed by atoms with Crippen LogP contribution < -0.4 is 0 Å². The molecule has 2 rings (SSSR count). The van der Waals surface area contributed by atoms with Gasteiger partial charge in [-0.15, -0.1) is 0 Å². The second-order valence-corrected chi connectivity index (χ2v) is 4.19. The first-order valence-corrected chi connectivity index (χ1v) is 5.19. The van der Waals surface area contributed by atoms with E-state index in [1.54, 1.807) is 0 Å². The van der Waals surface area contributed by atoms with E-state index in [0.29, 0.717) is 12.8 Å². The van der Waals surface area contributed by atoms with E-state index in [1.165, 1.54) is 0 Å². The van der Waals surface area contributed by atoms with Crippen LogP contribution in [0.2, 0.25) is 0 Å². The number of amidine groups is 1. The molecule has 1 fully saturated rings.